The van der Waals surface area contributed by atoms with Crippen LogP contribution in [-0.2, 0) is 4.79 Å². The van der Waals surface area contributed by atoms with Crippen molar-refractivity contribution in [3.8, 4) is 0 Å². The molecule has 0 spiro atoms. The van der Waals surface area contributed by atoms with Gasteiger partial charge in [-0.2, -0.15) is 0 Å². The van der Waals surface area contributed by atoms with Gasteiger partial charge < -0.3 is 4.57 Å². The summed E-state index contributed by atoms with van der Waals surface area (Å²) in [4.78, 5) is 11.7. The molecule has 0 bridgehead atoms. The van der Waals surface area contributed by atoms with E-state index in [0.29, 0.717) is 23.7 Å². The molecule has 1 aromatic heterocycles. The summed E-state index contributed by atoms with van der Waals surface area (Å²) < 4.78 is 2.40. The molecule has 5 heteroatoms. The number of carbonyl (C=O) groups is 1. The molecule has 4 rings (SSSR count). The van der Waals surface area contributed by atoms with Gasteiger partial charge in [-0.1, -0.05) is 11.8 Å². The van der Waals surface area contributed by atoms with Crippen LogP contribution >= 0.6 is 11.8 Å². The summed E-state index contributed by atoms with van der Waals surface area (Å²) in [7, 11) is 0. The van der Waals surface area contributed by atoms with Crippen LogP contribution in [0.4, 0.5) is 0 Å². The van der Waals surface area contributed by atoms with E-state index in [1.807, 2.05) is 11.8 Å². The van der Waals surface area contributed by atoms with Crippen molar-refractivity contribution in [2.24, 2.45) is 5.92 Å². The van der Waals surface area contributed by atoms with Crippen LogP contribution in [0.5, 0.6) is 0 Å². The molecule has 0 N–H and O–H groups in total. The number of aromatic nitrogens is 3. The maximum Gasteiger partial charge on any atom is 0.191 e. The highest BCUT2D eigenvalue weighted by atomic mass is 32.2. The average Bonchev–Trinajstić information content (AvgIpc) is 3.37. The Morgan fingerprint density at radius 3 is 2.65 bits per heavy atom. The standard InChI is InChI=1S/C15H21N3OS/c19-13-3-1-2-10(13)8-9-20-15-17-16-14(11-4-5-11)18(15)12-6-7-12/h10-12H,1-9H2. The molecule has 0 saturated heterocycles. The highest BCUT2D eigenvalue weighted by Crippen LogP contribution is 2.46. The Kier molecular flexibility index (Phi) is 3.33. The molecule has 1 atom stereocenters. The lowest BCUT2D eigenvalue weighted by Crippen LogP contribution is -2.07. The number of hydrogen-bond donors (Lipinski definition) is 0. The van der Waals surface area contributed by atoms with E-state index in [-0.39, 0.29) is 0 Å². The molecule has 3 aliphatic carbocycles. The second-order valence-corrected chi connectivity index (χ2v) is 7.47. The lowest BCUT2D eigenvalue weighted by Gasteiger charge is -2.09. The SMILES string of the molecule is O=C1CCCC1CCSc1nnc(C2CC2)n1C1CC1. The first-order valence-corrected chi connectivity index (χ1v) is 8.92. The molecule has 4 nitrogen and oxygen atoms in total. The molecule has 20 heavy (non-hydrogen) atoms. The van der Waals surface area contributed by atoms with Crippen molar-refractivity contribution < 1.29 is 4.79 Å². The third kappa shape index (κ3) is 2.52. The first-order valence-electron chi connectivity index (χ1n) is 7.93. The van der Waals surface area contributed by atoms with E-state index in [1.165, 1.54) is 31.5 Å². The van der Waals surface area contributed by atoms with Gasteiger partial charge in [0, 0.05) is 30.1 Å². The molecule has 0 amide bonds. The number of Topliss-reactive ketones (excluding diaryl/α,β-unsaturated/α-hetero) is 1. The summed E-state index contributed by atoms with van der Waals surface area (Å²) in [5, 5.41) is 9.94. The molecule has 0 radical (unpaired) electrons. The number of nitrogens with zero attached hydrogens (tertiary/aromatic N) is 3. The van der Waals surface area contributed by atoms with E-state index in [9.17, 15) is 4.79 Å². The second-order valence-electron chi connectivity index (χ2n) is 6.41. The third-order valence-electron chi connectivity index (χ3n) is 4.67. The van der Waals surface area contributed by atoms with Crippen molar-refractivity contribution in [3.63, 3.8) is 0 Å². The van der Waals surface area contributed by atoms with Crippen molar-refractivity contribution in [3.05, 3.63) is 5.82 Å². The molecular weight excluding hydrogens is 270 g/mol. The summed E-state index contributed by atoms with van der Waals surface area (Å²) in [6.45, 7) is 0. The van der Waals surface area contributed by atoms with Gasteiger partial charge in [0.15, 0.2) is 5.16 Å². The van der Waals surface area contributed by atoms with Gasteiger partial charge in [0.1, 0.15) is 11.6 Å². The van der Waals surface area contributed by atoms with Crippen LogP contribution in [0.15, 0.2) is 5.16 Å². The molecule has 108 valence electrons. The molecule has 3 fully saturated rings. The van der Waals surface area contributed by atoms with Crippen molar-refractivity contribution in [1.82, 2.24) is 14.8 Å². The van der Waals surface area contributed by atoms with Crippen molar-refractivity contribution in [2.45, 2.75) is 68.5 Å². The second kappa shape index (κ2) is 5.17. The van der Waals surface area contributed by atoms with Gasteiger partial charge in [0.05, 0.1) is 0 Å². The molecular formula is C15H21N3OS. The lowest BCUT2D eigenvalue weighted by molar-refractivity contribution is -0.120. The van der Waals surface area contributed by atoms with Gasteiger partial charge in [-0.15, -0.1) is 10.2 Å². The normalized spacial score (nSPS) is 26.4. The van der Waals surface area contributed by atoms with Crippen LogP contribution < -0.4 is 0 Å². The molecule has 1 aromatic rings. The van der Waals surface area contributed by atoms with Gasteiger partial charge in [-0.3, -0.25) is 4.79 Å². The summed E-state index contributed by atoms with van der Waals surface area (Å²) in [5.74, 6) is 3.71. The Hall–Kier alpha value is -0.840. The summed E-state index contributed by atoms with van der Waals surface area (Å²) in [5.41, 5.74) is 0. The van der Waals surface area contributed by atoms with Crippen LogP contribution in [0.1, 0.15) is 69.2 Å². The average molecular weight is 291 g/mol. The Labute approximate surface area is 123 Å². The topological polar surface area (TPSA) is 47.8 Å². The zero-order valence-corrected chi connectivity index (χ0v) is 12.6. The summed E-state index contributed by atoms with van der Waals surface area (Å²) in [6.07, 6.45) is 9.15. The molecule has 0 aliphatic heterocycles. The zero-order chi connectivity index (χ0) is 13.5. The maximum absolute atomic E-state index is 11.7. The van der Waals surface area contributed by atoms with Crippen LogP contribution in [0.3, 0.4) is 0 Å². The smallest absolute Gasteiger partial charge is 0.191 e. The van der Waals surface area contributed by atoms with Crippen molar-refractivity contribution in [2.75, 3.05) is 5.75 Å². The number of thioether (sulfide) groups is 1. The van der Waals surface area contributed by atoms with Gasteiger partial charge in [0.25, 0.3) is 0 Å². The monoisotopic (exact) mass is 291 g/mol. The predicted octanol–water partition coefficient (Wildman–Crippen LogP) is 3.34. The predicted molar refractivity (Wildman–Crippen MR) is 78.0 cm³/mol. The summed E-state index contributed by atoms with van der Waals surface area (Å²) in [6, 6.07) is 0.663. The van der Waals surface area contributed by atoms with E-state index in [0.717, 1.165) is 36.6 Å². The highest BCUT2D eigenvalue weighted by Gasteiger charge is 2.36. The van der Waals surface area contributed by atoms with Crippen molar-refractivity contribution >= 4 is 17.5 Å². The minimum absolute atomic E-state index is 0.322. The number of ketones is 1. The largest absolute Gasteiger partial charge is 0.303 e. The molecule has 3 aliphatic rings. The molecule has 0 aromatic carbocycles. The molecule has 3 saturated carbocycles. The van der Waals surface area contributed by atoms with E-state index in [1.54, 1.807) is 0 Å². The Bertz CT molecular complexity index is 519. The van der Waals surface area contributed by atoms with Gasteiger partial charge >= 0.3 is 0 Å². The fraction of sp³-hybridized carbons (Fsp3) is 0.800. The minimum Gasteiger partial charge on any atom is -0.303 e. The van der Waals surface area contributed by atoms with Crippen LogP contribution in [0.2, 0.25) is 0 Å². The van der Waals surface area contributed by atoms with Gasteiger partial charge in [0.2, 0.25) is 0 Å². The number of carbonyl (C=O) groups excluding carboxylic acids is 1. The fourth-order valence-electron chi connectivity index (χ4n) is 3.17. The lowest BCUT2D eigenvalue weighted by atomic mass is 10.1. The third-order valence-corrected chi connectivity index (χ3v) is 5.65. The van der Waals surface area contributed by atoms with Crippen LogP contribution in [-0.4, -0.2) is 26.3 Å². The fourth-order valence-corrected chi connectivity index (χ4v) is 4.23. The number of rotatable bonds is 6. The Balaban J connectivity index is 1.39. The Morgan fingerprint density at radius 2 is 2.00 bits per heavy atom. The zero-order valence-electron chi connectivity index (χ0n) is 11.8. The quantitative estimate of drug-likeness (QED) is 0.754. The molecule has 1 unspecified atom stereocenters. The van der Waals surface area contributed by atoms with Gasteiger partial charge in [-0.05, 0) is 44.9 Å². The van der Waals surface area contributed by atoms with E-state index >= 15 is 0 Å². The van der Waals surface area contributed by atoms with E-state index < -0.39 is 0 Å². The van der Waals surface area contributed by atoms with Crippen molar-refractivity contribution in [1.29, 1.82) is 0 Å². The van der Waals surface area contributed by atoms with Crippen LogP contribution in [0, 0.1) is 5.92 Å². The van der Waals surface area contributed by atoms with E-state index in [2.05, 4.69) is 14.8 Å². The minimum atomic E-state index is 0.322. The van der Waals surface area contributed by atoms with Gasteiger partial charge in [-0.25, -0.2) is 0 Å². The highest BCUT2D eigenvalue weighted by molar-refractivity contribution is 7.99. The molecule has 1 heterocycles. The van der Waals surface area contributed by atoms with Crippen LogP contribution in [0.25, 0.3) is 0 Å². The number of hydrogen-bond acceptors (Lipinski definition) is 4. The first kappa shape index (κ1) is 12.9. The first-order chi connectivity index (χ1) is 9.83. The van der Waals surface area contributed by atoms with E-state index in [4.69, 9.17) is 0 Å². The maximum atomic E-state index is 11.7. The Morgan fingerprint density at radius 1 is 1.15 bits per heavy atom. The summed E-state index contributed by atoms with van der Waals surface area (Å²) >= 11 is 1.81.